The predicted molar refractivity (Wildman–Crippen MR) is 67.2 cm³/mol. The van der Waals surface area contributed by atoms with Crippen LogP contribution in [0.15, 0.2) is 45.3 Å². The highest BCUT2D eigenvalue weighted by atomic mass is 79.9. The van der Waals surface area contributed by atoms with Crippen molar-refractivity contribution in [2.75, 3.05) is 0 Å². The first kappa shape index (κ1) is 11.7. The van der Waals surface area contributed by atoms with E-state index < -0.39 is 11.6 Å². The van der Waals surface area contributed by atoms with Gasteiger partial charge in [-0.3, -0.25) is 0 Å². The molecule has 0 bridgehead atoms. The third kappa shape index (κ3) is 2.18. The Hall–Kier alpha value is -0.740. The number of hydrogen-bond acceptors (Lipinski definition) is 0. The SMILES string of the molecule is Fc1cc(F)c(-c2ccccc2Br)c(Br)c1. The van der Waals surface area contributed by atoms with Gasteiger partial charge in [0.2, 0.25) is 0 Å². The lowest BCUT2D eigenvalue weighted by Gasteiger charge is -2.08. The quantitative estimate of drug-likeness (QED) is 0.668. The van der Waals surface area contributed by atoms with E-state index in [1.807, 2.05) is 12.1 Å². The summed E-state index contributed by atoms with van der Waals surface area (Å²) in [7, 11) is 0. The van der Waals surface area contributed by atoms with Crippen LogP contribution >= 0.6 is 31.9 Å². The predicted octanol–water partition coefficient (Wildman–Crippen LogP) is 5.16. The van der Waals surface area contributed by atoms with E-state index >= 15 is 0 Å². The molecule has 0 saturated carbocycles. The fourth-order valence-electron chi connectivity index (χ4n) is 1.46. The Morgan fingerprint density at radius 3 is 2.19 bits per heavy atom. The van der Waals surface area contributed by atoms with E-state index in [2.05, 4.69) is 31.9 Å². The molecule has 0 nitrogen and oxygen atoms in total. The van der Waals surface area contributed by atoms with Gasteiger partial charge >= 0.3 is 0 Å². The highest BCUT2D eigenvalue weighted by molar-refractivity contribution is 9.11. The normalized spacial score (nSPS) is 10.5. The minimum Gasteiger partial charge on any atom is -0.207 e. The molecule has 0 spiro atoms. The molecule has 0 unspecified atom stereocenters. The van der Waals surface area contributed by atoms with Crippen molar-refractivity contribution in [1.82, 2.24) is 0 Å². The molecule has 0 saturated heterocycles. The fraction of sp³-hybridized carbons (Fsp3) is 0. The molecular formula is C12H6Br2F2. The minimum atomic E-state index is -0.597. The Kier molecular flexibility index (Phi) is 3.40. The molecule has 0 fully saturated rings. The summed E-state index contributed by atoms with van der Waals surface area (Å²) >= 11 is 6.51. The van der Waals surface area contributed by atoms with Gasteiger partial charge < -0.3 is 0 Å². The first-order valence-corrected chi connectivity index (χ1v) is 6.07. The van der Waals surface area contributed by atoms with Gasteiger partial charge in [0.25, 0.3) is 0 Å². The summed E-state index contributed by atoms with van der Waals surface area (Å²) in [6.45, 7) is 0. The van der Waals surface area contributed by atoms with Gasteiger partial charge in [-0.15, -0.1) is 0 Å². The monoisotopic (exact) mass is 346 g/mol. The van der Waals surface area contributed by atoms with E-state index in [1.54, 1.807) is 12.1 Å². The summed E-state index contributed by atoms with van der Waals surface area (Å²) in [5.41, 5.74) is 1.04. The summed E-state index contributed by atoms with van der Waals surface area (Å²) in [6.07, 6.45) is 0. The first-order chi connectivity index (χ1) is 7.59. The molecule has 4 heteroatoms. The third-order valence-electron chi connectivity index (χ3n) is 2.15. The van der Waals surface area contributed by atoms with E-state index in [-0.39, 0.29) is 0 Å². The van der Waals surface area contributed by atoms with Gasteiger partial charge in [-0.25, -0.2) is 8.78 Å². The Bertz CT molecular complexity index is 515. The summed E-state index contributed by atoms with van der Waals surface area (Å²) in [6, 6.07) is 9.34. The van der Waals surface area contributed by atoms with Gasteiger partial charge in [-0.1, -0.05) is 34.1 Å². The number of hydrogen-bond donors (Lipinski definition) is 0. The van der Waals surface area contributed by atoms with Crippen molar-refractivity contribution in [3.8, 4) is 11.1 Å². The van der Waals surface area contributed by atoms with Crippen molar-refractivity contribution in [2.24, 2.45) is 0 Å². The summed E-state index contributed by atoms with van der Waals surface area (Å²) in [5, 5.41) is 0. The van der Waals surface area contributed by atoms with Crippen LogP contribution in [0, 0.1) is 11.6 Å². The fourth-order valence-corrected chi connectivity index (χ4v) is 2.57. The zero-order chi connectivity index (χ0) is 11.7. The smallest absolute Gasteiger partial charge is 0.135 e. The first-order valence-electron chi connectivity index (χ1n) is 4.49. The van der Waals surface area contributed by atoms with Crippen molar-refractivity contribution in [3.05, 3.63) is 57.0 Å². The summed E-state index contributed by atoms with van der Waals surface area (Å²) in [5.74, 6) is -1.18. The van der Waals surface area contributed by atoms with Crippen LogP contribution in [0.5, 0.6) is 0 Å². The second-order valence-electron chi connectivity index (χ2n) is 3.22. The molecule has 0 heterocycles. The second-order valence-corrected chi connectivity index (χ2v) is 4.93. The highest BCUT2D eigenvalue weighted by Gasteiger charge is 2.13. The van der Waals surface area contributed by atoms with Crippen LogP contribution in [0.2, 0.25) is 0 Å². The van der Waals surface area contributed by atoms with Gasteiger partial charge in [-0.05, 0) is 33.6 Å². The van der Waals surface area contributed by atoms with Crippen molar-refractivity contribution in [3.63, 3.8) is 0 Å². The number of halogens is 4. The third-order valence-corrected chi connectivity index (χ3v) is 3.47. The molecule has 2 aromatic rings. The molecule has 0 aliphatic rings. The maximum Gasteiger partial charge on any atom is 0.135 e. The average Bonchev–Trinajstić information content (AvgIpc) is 2.19. The molecule has 0 aliphatic carbocycles. The van der Waals surface area contributed by atoms with Crippen molar-refractivity contribution in [2.45, 2.75) is 0 Å². The van der Waals surface area contributed by atoms with E-state index in [0.29, 0.717) is 15.6 Å². The van der Waals surface area contributed by atoms with E-state index in [1.165, 1.54) is 6.07 Å². The van der Waals surface area contributed by atoms with Crippen LogP contribution in [-0.2, 0) is 0 Å². The summed E-state index contributed by atoms with van der Waals surface area (Å²) < 4.78 is 27.8. The standard InChI is InChI=1S/C12H6Br2F2/c13-9-4-2-1-3-8(9)12-10(14)5-7(15)6-11(12)16/h1-6H. The Balaban J connectivity index is 2.70. The van der Waals surface area contributed by atoms with Crippen molar-refractivity contribution in [1.29, 1.82) is 0 Å². The van der Waals surface area contributed by atoms with Gasteiger partial charge in [0.05, 0.1) is 0 Å². The highest BCUT2D eigenvalue weighted by Crippen LogP contribution is 2.35. The Morgan fingerprint density at radius 1 is 0.875 bits per heavy atom. The van der Waals surface area contributed by atoms with Crippen LogP contribution in [-0.4, -0.2) is 0 Å². The molecule has 0 N–H and O–H groups in total. The van der Waals surface area contributed by atoms with Gasteiger partial charge in [0.1, 0.15) is 11.6 Å². The van der Waals surface area contributed by atoms with Gasteiger partial charge in [0, 0.05) is 20.6 Å². The topological polar surface area (TPSA) is 0 Å². The molecule has 0 aromatic heterocycles. The molecule has 82 valence electrons. The average molecular weight is 348 g/mol. The Labute approximate surface area is 109 Å². The van der Waals surface area contributed by atoms with E-state index in [4.69, 9.17) is 0 Å². The second kappa shape index (κ2) is 4.63. The van der Waals surface area contributed by atoms with Gasteiger partial charge in [-0.2, -0.15) is 0 Å². The zero-order valence-corrected chi connectivity index (χ0v) is 11.1. The molecule has 0 aliphatic heterocycles. The minimum absolute atomic E-state index is 0.355. The Morgan fingerprint density at radius 2 is 1.56 bits per heavy atom. The lowest BCUT2D eigenvalue weighted by Crippen LogP contribution is -1.89. The molecular weight excluding hydrogens is 342 g/mol. The maximum atomic E-state index is 13.7. The molecule has 2 aromatic carbocycles. The molecule has 2 rings (SSSR count). The molecule has 16 heavy (non-hydrogen) atoms. The lowest BCUT2D eigenvalue weighted by atomic mass is 10.1. The molecule has 0 amide bonds. The summed E-state index contributed by atoms with van der Waals surface area (Å²) in [4.78, 5) is 0. The van der Waals surface area contributed by atoms with Crippen molar-refractivity contribution < 1.29 is 8.78 Å². The van der Waals surface area contributed by atoms with Crippen LogP contribution < -0.4 is 0 Å². The largest absolute Gasteiger partial charge is 0.207 e. The van der Waals surface area contributed by atoms with Crippen LogP contribution in [0.3, 0.4) is 0 Å². The van der Waals surface area contributed by atoms with Crippen LogP contribution in [0.25, 0.3) is 11.1 Å². The van der Waals surface area contributed by atoms with E-state index in [0.717, 1.165) is 10.5 Å². The zero-order valence-electron chi connectivity index (χ0n) is 7.98. The van der Waals surface area contributed by atoms with Gasteiger partial charge in [0.15, 0.2) is 0 Å². The molecule has 0 atom stereocenters. The van der Waals surface area contributed by atoms with Crippen LogP contribution in [0.1, 0.15) is 0 Å². The van der Waals surface area contributed by atoms with Crippen LogP contribution in [0.4, 0.5) is 8.78 Å². The van der Waals surface area contributed by atoms with E-state index in [9.17, 15) is 8.78 Å². The number of rotatable bonds is 1. The number of benzene rings is 2. The van der Waals surface area contributed by atoms with Crippen molar-refractivity contribution >= 4 is 31.9 Å². The maximum absolute atomic E-state index is 13.7. The molecule has 0 radical (unpaired) electrons. The lowest BCUT2D eigenvalue weighted by molar-refractivity contribution is 0.584.